The van der Waals surface area contributed by atoms with Gasteiger partial charge in [0.15, 0.2) is 0 Å². The quantitative estimate of drug-likeness (QED) is 0.0660. The van der Waals surface area contributed by atoms with Crippen LogP contribution in [-0.4, -0.2) is 52.5 Å². The van der Waals surface area contributed by atoms with Gasteiger partial charge in [0.2, 0.25) is 0 Å². The molecule has 254 valence electrons. The maximum absolute atomic E-state index is 12.1. The first-order valence-corrected chi connectivity index (χ1v) is 16.9. The van der Waals surface area contributed by atoms with Crippen molar-refractivity contribution >= 4 is 34.2 Å². The molecule has 0 bridgehead atoms. The molecule has 3 aromatic rings. The lowest BCUT2D eigenvalue weighted by atomic mass is 10.0. The number of esters is 2. The Morgan fingerprint density at radius 2 is 1.50 bits per heavy atom. The van der Waals surface area contributed by atoms with Crippen molar-refractivity contribution in [1.82, 2.24) is 5.32 Å². The van der Waals surface area contributed by atoms with Crippen LogP contribution in [0.25, 0.3) is 10.5 Å². The van der Waals surface area contributed by atoms with Gasteiger partial charge in [0.25, 0.3) is 0 Å². The van der Waals surface area contributed by atoms with Gasteiger partial charge in [0.05, 0.1) is 38.6 Å². The summed E-state index contributed by atoms with van der Waals surface area (Å²) in [6, 6.07) is 19.9. The van der Waals surface area contributed by atoms with E-state index in [1.807, 2.05) is 24.8 Å². The Balaban J connectivity index is 1.48. The number of hydrogen-bond acceptors (Lipinski definition) is 8. The second-order valence-corrected chi connectivity index (χ2v) is 11.9. The predicted molar refractivity (Wildman–Crippen MR) is 196 cm³/mol. The van der Waals surface area contributed by atoms with Crippen LogP contribution in [0.1, 0.15) is 70.2 Å². The Morgan fingerprint density at radius 1 is 0.792 bits per heavy atom. The number of carbonyl (C=O) groups is 2. The maximum Gasteiger partial charge on any atom is 0.338 e. The molecule has 0 fully saturated rings. The zero-order valence-corrected chi connectivity index (χ0v) is 29.9. The fourth-order valence-corrected chi connectivity index (χ4v) is 5.95. The van der Waals surface area contributed by atoms with Crippen molar-refractivity contribution in [2.75, 3.05) is 40.6 Å². The van der Waals surface area contributed by atoms with E-state index >= 15 is 0 Å². The smallest absolute Gasteiger partial charge is 0.338 e. The molecular formula is C40H47NO6S. The molecule has 0 unspecified atom stereocenters. The molecule has 48 heavy (non-hydrogen) atoms. The molecule has 3 aromatic carbocycles. The van der Waals surface area contributed by atoms with E-state index in [-0.39, 0.29) is 17.7 Å². The highest BCUT2D eigenvalue weighted by molar-refractivity contribution is 8.08. The molecule has 0 aliphatic rings. The molecule has 0 aromatic heterocycles. The summed E-state index contributed by atoms with van der Waals surface area (Å²) in [6.07, 6.45) is 11.6. The number of carbonyl (C=O) groups excluding carboxylic acids is 2. The van der Waals surface area contributed by atoms with Gasteiger partial charge in [-0.2, -0.15) is 0 Å². The fourth-order valence-electron chi connectivity index (χ4n) is 4.73. The topological polar surface area (TPSA) is 83.1 Å². The van der Waals surface area contributed by atoms with Crippen molar-refractivity contribution in [2.24, 2.45) is 0 Å². The van der Waals surface area contributed by atoms with Gasteiger partial charge in [-0.1, -0.05) is 79.4 Å². The largest absolute Gasteiger partial charge is 0.491 e. The monoisotopic (exact) mass is 669 g/mol. The zero-order chi connectivity index (χ0) is 34.9. The van der Waals surface area contributed by atoms with Crippen molar-refractivity contribution in [3.63, 3.8) is 0 Å². The molecule has 0 aliphatic carbocycles. The van der Waals surface area contributed by atoms with Gasteiger partial charge in [-0.25, -0.2) is 9.59 Å². The molecule has 0 heterocycles. The van der Waals surface area contributed by atoms with Gasteiger partial charge in [-0.3, -0.25) is 0 Å². The average molecular weight is 670 g/mol. The number of ether oxygens (including phenoxy) is 4. The van der Waals surface area contributed by atoms with Crippen molar-refractivity contribution in [3.8, 4) is 5.75 Å². The van der Waals surface area contributed by atoms with Crippen molar-refractivity contribution in [2.45, 2.75) is 45.9 Å². The lowest BCUT2D eigenvalue weighted by Gasteiger charge is -2.12. The number of rotatable bonds is 17. The Hall–Kier alpha value is -4.53. The highest BCUT2D eigenvalue weighted by atomic mass is 32.2. The summed E-state index contributed by atoms with van der Waals surface area (Å²) in [6.45, 7) is 12.3. The Bertz CT molecular complexity index is 1650. The van der Waals surface area contributed by atoms with Crippen LogP contribution in [0, 0.1) is 13.8 Å². The number of nitrogens with one attached hydrogen (secondary N) is 1. The summed E-state index contributed by atoms with van der Waals surface area (Å²) in [5.41, 5.74) is 7.25. The third-order valence-corrected chi connectivity index (χ3v) is 8.68. The minimum Gasteiger partial charge on any atom is -0.491 e. The summed E-state index contributed by atoms with van der Waals surface area (Å²) >= 11 is 1.83. The Kier molecular flexibility index (Phi) is 15.8. The van der Waals surface area contributed by atoms with E-state index in [4.69, 9.17) is 18.9 Å². The number of allylic oxidation sites excluding steroid dienone is 6. The van der Waals surface area contributed by atoms with Crippen LogP contribution in [0.4, 0.5) is 0 Å². The van der Waals surface area contributed by atoms with Gasteiger partial charge < -0.3 is 24.3 Å². The zero-order valence-electron chi connectivity index (χ0n) is 29.1. The summed E-state index contributed by atoms with van der Waals surface area (Å²) in [5.74, 6) is -0.842. The van der Waals surface area contributed by atoms with E-state index in [1.165, 1.54) is 52.8 Å². The molecule has 8 heteroatoms. The molecule has 0 radical (unpaired) electrons. The minimum absolute atomic E-state index is 0.0818. The van der Waals surface area contributed by atoms with Crippen molar-refractivity contribution in [1.29, 1.82) is 0 Å². The van der Waals surface area contributed by atoms with Crippen molar-refractivity contribution < 1.29 is 28.5 Å². The maximum atomic E-state index is 12.1. The average Bonchev–Trinajstić information content (AvgIpc) is 3.11. The fraction of sp³-hybridized carbons (Fsp3) is 0.300. The summed E-state index contributed by atoms with van der Waals surface area (Å²) in [5, 5.41) is 3.40. The van der Waals surface area contributed by atoms with E-state index in [0.29, 0.717) is 25.5 Å². The van der Waals surface area contributed by atoms with Gasteiger partial charge >= 0.3 is 11.9 Å². The van der Waals surface area contributed by atoms with Crippen LogP contribution >= 0.6 is 11.8 Å². The summed E-state index contributed by atoms with van der Waals surface area (Å²) in [7, 11) is 2.50. The first-order chi connectivity index (χ1) is 23.2. The molecule has 1 N–H and O–H groups in total. The molecule has 0 saturated heterocycles. The Labute approximate surface area is 289 Å². The van der Waals surface area contributed by atoms with Crippen LogP contribution in [0.3, 0.4) is 0 Å². The number of thioether (sulfide) groups is 1. The van der Waals surface area contributed by atoms with Gasteiger partial charge in [0.1, 0.15) is 12.4 Å². The van der Waals surface area contributed by atoms with E-state index in [0.717, 1.165) is 23.3 Å². The number of hydrogen-bond donors (Lipinski definition) is 1. The standard InChI is InChI=1S/C40H47NO6S/c1-8-11-37(48-38-26-28(4)12-13-29(38)5)32-16-14-31(15-17-32)30(9-2)18-19-33(10-3)41-22-23-46-24-25-47-34-20-21-35(39(42)44-6)36(27-34)40(43)45-7/h9-21,26-27,41H,8,22-25H2,1-7H3/b19-18-,30-9+,33-10+,37-11-. The van der Waals surface area contributed by atoms with Gasteiger partial charge in [-0.05, 0) is 92.3 Å². The van der Waals surface area contributed by atoms with E-state index in [2.05, 4.69) is 99.8 Å². The molecule has 7 nitrogen and oxygen atoms in total. The number of aryl methyl sites for hydroxylation is 2. The summed E-state index contributed by atoms with van der Waals surface area (Å²) < 4.78 is 20.9. The molecule has 0 atom stereocenters. The van der Waals surface area contributed by atoms with E-state index in [1.54, 1.807) is 6.07 Å². The lowest BCUT2D eigenvalue weighted by Crippen LogP contribution is -2.20. The van der Waals surface area contributed by atoms with E-state index in [9.17, 15) is 9.59 Å². The van der Waals surface area contributed by atoms with Gasteiger partial charge in [0, 0.05) is 22.0 Å². The van der Waals surface area contributed by atoms with E-state index < -0.39 is 11.9 Å². The van der Waals surface area contributed by atoms with Crippen LogP contribution in [-0.2, 0) is 14.2 Å². The predicted octanol–water partition coefficient (Wildman–Crippen LogP) is 8.97. The van der Waals surface area contributed by atoms with Crippen molar-refractivity contribution in [3.05, 3.63) is 130 Å². The SMILES string of the molecule is C\C=C(/C=C\C(=C/C)c1ccc(/C(=C/CC)Sc2cc(C)ccc2C)cc1)NCCOCCOc1ccc(C(=O)OC)c(C(=O)OC)c1. The van der Waals surface area contributed by atoms with Crippen LogP contribution in [0.5, 0.6) is 5.75 Å². The first-order valence-electron chi connectivity index (χ1n) is 16.1. The van der Waals surface area contributed by atoms with Crippen LogP contribution in [0.15, 0.2) is 102 Å². The third-order valence-electron chi connectivity index (χ3n) is 7.39. The molecule has 0 saturated carbocycles. The van der Waals surface area contributed by atoms with Gasteiger partial charge in [-0.15, -0.1) is 0 Å². The molecule has 3 rings (SSSR count). The molecular weight excluding hydrogens is 623 g/mol. The van der Waals surface area contributed by atoms with Crippen LogP contribution in [0.2, 0.25) is 0 Å². The normalized spacial score (nSPS) is 12.3. The highest BCUT2D eigenvalue weighted by Crippen LogP contribution is 2.37. The molecule has 0 aliphatic heterocycles. The second kappa shape index (κ2) is 20.0. The minimum atomic E-state index is -0.645. The second-order valence-electron chi connectivity index (χ2n) is 10.8. The molecule has 0 amide bonds. The highest BCUT2D eigenvalue weighted by Gasteiger charge is 2.19. The summed E-state index contributed by atoms with van der Waals surface area (Å²) in [4.78, 5) is 26.6. The first kappa shape index (κ1) is 37.9. The number of benzene rings is 3. The molecule has 0 spiro atoms. The lowest BCUT2D eigenvalue weighted by molar-refractivity contribution is 0.0554. The van der Waals surface area contributed by atoms with Crippen LogP contribution < -0.4 is 10.1 Å². The Morgan fingerprint density at radius 3 is 2.17 bits per heavy atom. The third kappa shape index (κ3) is 11.3. The number of methoxy groups -OCH3 is 2.